The minimum absolute atomic E-state index is 0.0144. The maximum absolute atomic E-state index is 11.8. The number of carbonyl (C=O) groups is 1. The second kappa shape index (κ2) is 4.71. The molecular formula is C14H19NO3. The lowest BCUT2D eigenvalue weighted by Crippen LogP contribution is -2.26. The van der Waals surface area contributed by atoms with E-state index in [2.05, 4.69) is 5.32 Å². The van der Waals surface area contributed by atoms with Crippen LogP contribution in [0.2, 0.25) is 0 Å². The van der Waals surface area contributed by atoms with Gasteiger partial charge in [-0.2, -0.15) is 0 Å². The summed E-state index contributed by atoms with van der Waals surface area (Å²) in [5, 5.41) is 21.6. The molecule has 0 aromatic heterocycles. The molecule has 0 saturated carbocycles. The number of hydrogen-bond donors (Lipinski definition) is 3. The molecule has 0 radical (unpaired) electrons. The summed E-state index contributed by atoms with van der Waals surface area (Å²) in [5.41, 5.74) is 1.99. The average Bonchev–Trinajstić information content (AvgIpc) is 2.57. The Bertz CT molecular complexity index is 468. The summed E-state index contributed by atoms with van der Waals surface area (Å²) < 4.78 is 0. The lowest BCUT2D eigenvalue weighted by atomic mass is 9.84. The number of aliphatic hydroxyl groups excluding tert-OH is 2. The van der Waals surface area contributed by atoms with E-state index in [9.17, 15) is 9.90 Å². The van der Waals surface area contributed by atoms with Crippen molar-refractivity contribution in [3.05, 3.63) is 29.3 Å². The summed E-state index contributed by atoms with van der Waals surface area (Å²) in [6, 6.07) is 5.54. The van der Waals surface area contributed by atoms with Gasteiger partial charge in [0.25, 0.3) is 0 Å². The molecule has 0 bridgehead atoms. The normalized spacial score (nSPS) is 18.3. The lowest BCUT2D eigenvalue weighted by Gasteiger charge is -2.17. The van der Waals surface area contributed by atoms with E-state index in [1.807, 2.05) is 32.0 Å². The zero-order valence-electron chi connectivity index (χ0n) is 10.7. The number of fused-ring (bicyclic) bond motifs is 1. The third kappa shape index (κ3) is 2.13. The Kier molecular flexibility index (Phi) is 3.41. The van der Waals surface area contributed by atoms with E-state index < -0.39 is 11.5 Å². The molecule has 1 aromatic rings. The van der Waals surface area contributed by atoms with Gasteiger partial charge in [-0.1, -0.05) is 12.1 Å². The van der Waals surface area contributed by atoms with E-state index in [4.69, 9.17) is 5.11 Å². The van der Waals surface area contributed by atoms with Crippen molar-refractivity contribution in [2.24, 2.45) is 0 Å². The second-order valence-electron chi connectivity index (χ2n) is 5.27. The number of amides is 1. The highest BCUT2D eigenvalue weighted by atomic mass is 16.3. The molecule has 98 valence electrons. The summed E-state index contributed by atoms with van der Waals surface area (Å²) in [4.78, 5) is 11.8. The standard InChI is InChI=1S/C14H19NO3/c1-14(2)10-8-9(12(17)4-3-7-16)5-6-11(10)15-13(14)18/h5-6,8,12,16-17H,3-4,7H2,1-2H3,(H,15,18). The Balaban J connectivity index is 2.28. The summed E-state index contributed by atoms with van der Waals surface area (Å²) in [7, 11) is 0. The molecular weight excluding hydrogens is 230 g/mol. The van der Waals surface area contributed by atoms with Gasteiger partial charge in [0.2, 0.25) is 5.91 Å². The van der Waals surface area contributed by atoms with Crippen LogP contribution in [0.15, 0.2) is 18.2 Å². The van der Waals surface area contributed by atoms with Gasteiger partial charge in [-0.3, -0.25) is 4.79 Å². The van der Waals surface area contributed by atoms with Crippen LogP contribution in [-0.2, 0) is 10.2 Å². The van der Waals surface area contributed by atoms with E-state index in [-0.39, 0.29) is 12.5 Å². The minimum Gasteiger partial charge on any atom is -0.396 e. The average molecular weight is 249 g/mol. The first kappa shape index (κ1) is 13.1. The van der Waals surface area contributed by atoms with Gasteiger partial charge in [0.05, 0.1) is 11.5 Å². The number of hydrogen-bond acceptors (Lipinski definition) is 3. The van der Waals surface area contributed by atoms with Crippen molar-refractivity contribution in [3.8, 4) is 0 Å². The maximum Gasteiger partial charge on any atom is 0.234 e. The van der Waals surface area contributed by atoms with Gasteiger partial charge in [-0.05, 0) is 43.9 Å². The first-order valence-corrected chi connectivity index (χ1v) is 6.21. The lowest BCUT2D eigenvalue weighted by molar-refractivity contribution is -0.119. The summed E-state index contributed by atoms with van der Waals surface area (Å²) in [6.07, 6.45) is 0.504. The highest BCUT2D eigenvalue weighted by Crippen LogP contribution is 2.38. The van der Waals surface area contributed by atoms with Gasteiger partial charge in [0.15, 0.2) is 0 Å². The molecule has 1 heterocycles. The van der Waals surface area contributed by atoms with Gasteiger partial charge in [-0.15, -0.1) is 0 Å². The number of carbonyl (C=O) groups excluding carboxylic acids is 1. The number of benzene rings is 1. The van der Waals surface area contributed by atoms with E-state index in [1.165, 1.54) is 0 Å². The molecule has 0 aliphatic carbocycles. The number of anilines is 1. The molecule has 1 aliphatic rings. The molecule has 1 aromatic carbocycles. The second-order valence-corrected chi connectivity index (χ2v) is 5.27. The molecule has 1 atom stereocenters. The Labute approximate surface area is 107 Å². The first-order chi connectivity index (χ1) is 8.46. The third-order valence-corrected chi connectivity index (χ3v) is 3.55. The van der Waals surface area contributed by atoms with E-state index in [1.54, 1.807) is 0 Å². The van der Waals surface area contributed by atoms with Crippen LogP contribution >= 0.6 is 0 Å². The molecule has 4 nitrogen and oxygen atoms in total. The molecule has 4 heteroatoms. The van der Waals surface area contributed by atoms with Crippen LogP contribution in [0.5, 0.6) is 0 Å². The van der Waals surface area contributed by atoms with Gasteiger partial charge in [0.1, 0.15) is 0 Å². The zero-order valence-corrected chi connectivity index (χ0v) is 10.7. The van der Waals surface area contributed by atoms with Crippen molar-refractivity contribution in [1.29, 1.82) is 0 Å². The van der Waals surface area contributed by atoms with Crippen LogP contribution in [0.1, 0.15) is 43.9 Å². The number of rotatable bonds is 4. The first-order valence-electron chi connectivity index (χ1n) is 6.21. The number of nitrogens with one attached hydrogen (secondary N) is 1. The molecule has 1 amide bonds. The predicted molar refractivity (Wildman–Crippen MR) is 69.4 cm³/mol. The van der Waals surface area contributed by atoms with E-state index >= 15 is 0 Å². The Morgan fingerprint density at radius 1 is 1.39 bits per heavy atom. The summed E-state index contributed by atoms with van der Waals surface area (Å²) in [6.45, 7) is 3.82. The molecule has 0 spiro atoms. The van der Waals surface area contributed by atoms with E-state index in [0.717, 1.165) is 16.8 Å². The SMILES string of the molecule is CC1(C)C(=O)Nc2ccc(C(O)CCCO)cc21. The van der Waals surface area contributed by atoms with Crippen molar-refractivity contribution in [3.63, 3.8) is 0 Å². The largest absolute Gasteiger partial charge is 0.396 e. The molecule has 2 rings (SSSR count). The van der Waals surface area contributed by atoms with Crippen LogP contribution in [0, 0.1) is 0 Å². The van der Waals surface area contributed by atoms with Gasteiger partial charge in [0, 0.05) is 12.3 Å². The highest BCUT2D eigenvalue weighted by Gasteiger charge is 2.38. The van der Waals surface area contributed by atoms with Crippen LogP contribution in [0.4, 0.5) is 5.69 Å². The number of aliphatic hydroxyl groups is 2. The van der Waals surface area contributed by atoms with Crippen LogP contribution in [0.3, 0.4) is 0 Å². The van der Waals surface area contributed by atoms with Crippen molar-refractivity contribution in [2.45, 2.75) is 38.2 Å². The summed E-state index contributed by atoms with van der Waals surface area (Å²) >= 11 is 0. The maximum atomic E-state index is 11.8. The molecule has 1 aliphatic heterocycles. The highest BCUT2D eigenvalue weighted by molar-refractivity contribution is 6.05. The fourth-order valence-corrected chi connectivity index (χ4v) is 2.25. The van der Waals surface area contributed by atoms with Crippen molar-refractivity contribution < 1.29 is 15.0 Å². The van der Waals surface area contributed by atoms with Crippen LogP contribution in [-0.4, -0.2) is 22.7 Å². The Morgan fingerprint density at radius 3 is 2.78 bits per heavy atom. The fourth-order valence-electron chi connectivity index (χ4n) is 2.25. The topological polar surface area (TPSA) is 69.6 Å². The Morgan fingerprint density at radius 2 is 2.11 bits per heavy atom. The predicted octanol–water partition coefficient (Wildman–Crippen LogP) is 1.72. The summed E-state index contributed by atoms with van der Waals surface area (Å²) in [5.74, 6) is -0.0144. The smallest absolute Gasteiger partial charge is 0.234 e. The van der Waals surface area contributed by atoms with Crippen molar-refractivity contribution in [2.75, 3.05) is 11.9 Å². The van der Waals surface area contributed by atoms with Gasteiger partial charge < -0.3 is 15.5 Å². The quantitative estimate of drug-likeness (QED) is 0.761. The van der Waals surface area contributed by atoms with Gasteiger partial charge in [-0.25, -0.2) is 0 Å². The molecule has 0 fully saturated rings. The van der Waals surface area contributed by atoms with Gasteiger partial charge >= 0.3 is 0 Å². The molecule has 0 saturated heterocycles. The fraction of sp³-hybridized carbons (Fsp3) is 0.500. The van der Waals surface area contributed by atoms with E-state index in [0.29, 0.717) is 12.8 Å². The monoisotopic (exact) mass is 249 g/mol. The van der Waals surface area contributed by atoms with Crippen molar-refractivity contribution >= 4 is 11.6 Å². The molecule has 1 unspecified atom stereocenters. The van der Waals surface area contributed by atoms with Crippen molar-refractivity contribution in [1.82, 2.24) is 0 Å². The van der Waals surface area contributed by atoms with Crippen LogP contribution in [0.25, 0.3) is 0 Å². The molecule has 18 heavy (non-hydrogen) atoms. The minimum atomic E-state index is -0.589. The van der Waals surface area contributed by atoms with Crippen LogP contribution < -0.4 is 5.32 Å². The molecule has 3 N–H and O–H groups in total. The Hall–Kier alpha value is -1.39. The third-order valence-electron chi connectivity index (χ3n) is 3.55. The zero-order chi connectivity index (χ0) is 13.3.